The molecule has 0 saturated heterocycles. The summed E-state index contributed by atoms with van der Waals surface area (Å²) in [7, 11) is 0. The molecule has 2 heterocycles. The van der Waals surface area contributed by atoms with Crippen molar-refractivity contribution in [2.45, 2.75) is 33.7 Å². The number of nitrogens with zero attached hydrogens (tertiary/aromatic N) is 4. The van der Waals surface area contributed by atoms with Crippen LogP contribution in [0.25, 0.3) is 16.6 Å². The molecule has 0 amide bonds. The van der Waals surface area contributed by atoms with Gasteiger partial charge in [0, 0.05) is 11.9 Å². The first-order chi connectivity index (χ1) is 13.0. The zero-order valence-corrected chi connectivity index (χ0v) is 15.8. The van der Waals surface area contributed by atoms with Gasteiger partial charge in [0.05, 0.1) is 17.6 Å². The first-order valence-corrected chi connectivity index (χ1v) is 9.11. The molecule has 2 aromatic carbocycles. The van der Waals surface area contributed by atoms with E-state index in [4.69, 9.17) is 0 Å². The van der Waals surface area contributed by atoms with Crippen molar-refractivity contribution in [2.24, 2.45) is 0 Å². The lowest BCUT2D eigenvalue weighted by Gasteiger charge is -2.10. The molecule has 4 rings (SSSR count). The Balaban J connectivity index is 1.80. The lowest BCUT2D eigenvalue weighted by Crippen LogP contribution is -2.26. The Morgan fingerprint density at radius 3 is 2.48 bits per heavy atom. The summed E-state index contributed by atoms with van der Waals surface area (Å²) in [5, 5.41) is 9.79. The summed E-state index contributed by atoms with van der Waals surface area (Å²) in [6.45, 7) is 6.60. The van der Waals surface area contributed by atoms with Crippen LogP contribution in [0.1, 0.15) is 22.4 Å². The lowest BCUT2D eigenvalue weighted by molar-refractivity contribution is 0.575. The second-order valence-electron chi connectivity index (χ2n) is 6.94. The Bertz CT molecular complexity index is 1170. The topological polar surface area (TPSA) is 52.7 Å². The Hall–Kier alpha value is -3.21. The first-order valence-electron chi connectivity index (χ1n) is 9.11. The van der Waals surface area contributed by atoms with E-state index in [1.54, 1.807) is 15.6 Å². The molecular formula is C22H22N4O. The van der Waals surface area contributed by atoms with Crippen molar-refractivity contribution in [3.05, 3.63) is 87.5 Å². The molecule has 0 N–H and O–H groups in total. The zero-order chi connectivity index (χ0) is 19.0. The molecule has 0 radical (unpaired) electrons. The predicted molar refractivity (Wildman–Crippen MR) is 107 cm³/mol. The average molecular weight is 358 g/mol. The summed E-state index contributed by atoms with van der Waals surface area (Å²) >= 11 is 0. The molecule has 0 aliphatic rings. The smallest absolute Gasteiger partial charge is 0.265 e. The van der Waals surface area contributed by atoms with Crippen LogP contribution in [0.5, 0.6) is 0 Å². The predicted octanol–water partition coefficient (Wildman–Crippen LogP) is 3.75. The van der Waals surface area contributed by atoms with Crippen LogP contribution in [0, 0.1) is 20.8 Å². The van der Waals surface area contributed by atoms with E-state index in [2.05, 4.69) is 48.3 Å². The molecule has 0 unspecified atom stereocenters. The van der Waals surface area contributed by atoms with Crippen molar-refractivity contribution in [1.29, 1.82) is 0 Å². The molecule has 5 heteroatoms. The van der Waals surface area contributed by atoms with Crippen LogP contribution in [0.3, 0.4) is 0 Å². The lowest BCUT2D eigenvalue weighted by atomic mass is 10.1. The van der Waals surface area contributed by atoms with Gasteiger partial charge in [-0.05, 0) is 56.0 Å². The van der Waals surface area contributed by atoms with Gasteiger partial charge in [-0.3, -0.25) is 4.79 Å². The average Bonchev–Trinajstić information content (AvgIpc) is 3.12. The summed E-state index contributed by atoms with van der Waals surface area (Å²) in [4.78, 5) is 13.1. The Kier molecular flexibility index (Phi) is 4.36. The standard InChI is InChI=1S/C22H22N4O/c1-15-9-10-19(13-16(15)2)26-21-20(14-23-26)17(3)24-25(22(21)27)12-11-18-7-5-4-6-8-18/h4-10,13-14H,11-12H2,1-3H3. The number of fused-ring (bicyclic) bond motifs is 1. The summed E-state index contributed by atoms with van der Waals surface area (Å²) in [5.74, 6) is 0. The summed E-state index contributed by atoms with van der Waals surface area (Å²) in [6, 6.07) is 16.3. The minimum atomic E-state index is -0.109. The van der Waals surface area contributed by atoms with Crippen LogP contribution in [-0.4, -0.2) is 19.6 Å². The van der Waals surface area contributed by atoms with E-state index in [1.807, 2.05) is 31.2 Å². The van der Waals surface area contributed by atoms with Crippen molar-refractivity contribution in [2.75, 3.05) is 0 Å². The summed E-state index contributed by atoms with van der Waals surface area (Å²) in [6.07, 6.45) is 2.49. The maximum absolute atomic E-state index is 13.1. The van der Waals surface area contributed by atoms with Crippen LogP contribution in [0.2, 0.25) is 0 Å². The van der Waals surface area contributed by atoms with E-state index < -0.39 is 0 Å². The molecule has 0 spiro atoms. The highest BCUT2D eigenvalue weighted by atomic mass is 16.1. The van der Waals surface area contributed by atoms with E-state index in [1.165, 1.54) is 16.7 Å². The van der Waals surface area contributed by atoms with Gasteiger partial charge in [0.25, 0.3) is 5.56 Å². The molecule has 0 saturated carbocycles. The molecule has 0 atom stereocenters. The molecule has 0 bridgehead atoms. The van der Waals surface area contributed by atoms with Crippen LogP contribution in [-0.2, 0) is 13.0 Å². The first kappa shape index (κ1) is 17.2. The molecule has 4 aromatic rings. The van der Waals surface area contributed by atoms with E-state index in [0.717, 1.165) is 23.2 Å². The third-order valence-electron chi connectivity index (χ3n) is 5.06. The molecule has 0 aliphatic carbocycles. The maximum Gasteiger partial charge on any atom is 0.293 e. The number of aromatic nitrogens is 4. The number of hydrogen-bond acceptors (Lipinski definition) is 3. The van der Waals surface area contributed by atoms with Gasteiger partial charge < -0.3 is 0 Å². The van der Waals surface area contributed by atoms with Crippen LogP contribution >= 0.6 is 0 Å². The highest BCUT2D eigenvalue weighted by molar-refractivity contribution is 5.81. The molecule has 0 aliphatic heterocycles. The van der Waals surface area contributed by atoms with E-state index in [0.29, 0.717) is 12.1 Å². The van der Waals surface area contributed by atoms with Crippen LogP contribution < -0.4 is 5.56 Å². The molecule has 2 aromatic heterocycles. The zero-order valence-electron chi connectivity index (χ0n) is 15.8. The minimum absolute atomic E-state index is 0.109. The van der Waals surface area contributed by atoms with Gasteiger partial charge in [-0.15, -0.1) is 0 Å². The fourth-order valence-electron chi connectivity index (χ4n) is 3.31. The van der Waals surface area contributed by atoms with Gasteiger partial charge in [-0.2, -0.15) is 10.2 Å². The summed E-state index contributed by atoms with van der Waals surface area (Å²) in [5.41, 5.74) is 5.76. The minimum Gasteiger partial charge on any atom is -0.265 e. The van der Waals surface area contributed by atoms with Crippen molar-refractivity contribution in [3.8, 4) is 5.69 Å². The van der Waals surface area contributed by atoms with E-state index in [-0.39, 0.29) is 5.56 Å². The van der Waals surface area contributed by atoms with Gasteiger partial charge in [0.1, 0.15) is 5.52 Å². The highest BCUT2D eigenvalue weighted by Crippen LogP contribution is 2.19. The van der Waals surface area contributed by atoms with Crippen LogP contribution in [0.4, 0.5) is 0 Å². The fourth-order valence-corrected chi connectivity index (χ4v) is 3.31. The molecule has 136 valence electrons. The third kappa shape index (κ3) is 3.16. The Morgan fingerprint density at radius 2 is 1.74 bits per heavy atom. The van der Waals surface area contributed by atoms with Crippen molar-refractivity contribution in [1.82, 2.24) is 19.6 Å². The normalized spacial score (nSPS) is 11.2. The second-order valence-corrected chi connectivity index (χ2v) is 6.94. The number of rotatable bonds is 4. The van der Waals surface area contributed by atoms with Gasteiger partial charge >= 0.3 is 0 Å². The number of aryl methyl sites for hydroxylation is 5. The van der Waals surface area contributed by atoms with Crippen molar-refractivity contribution < 1.29 is 0 Å². The van der Waals surface area contributed by atoms with E-state index >= 15 is 0 Å². The van der Waals surface area contributed by atoms with E-state index in [9.17, 15) is 4.79 Å². The monoisotopic (exact) mass is 358 g/mol. The van der Waals surface area contributed by atoms with Gasteiger partial charge in [-0.25, -0.2) is 9.36 Å². The highest BCUT2D eigenvalue weighted by Gasteiger charge is 2.15. The van der Waals surface area contributed by atoms with Gasteiger partial charge in [-0.1, -0.05) is 36.4 Å². The quantitative estimate of drug-likeness (QED) is 0.558. The SMILES string of the molecule is Cc1ccc(-n2ncc3c(C)nn(CCc4ccccc4)c(=O)c32)cc1C. The van der Waals surface area contributed by atoms with Gasteiger partial charge in [0.2, 0.25) is 0 Å². The number of hydrogen-bond donors (Lipinski definition) is 0. The van der Waals surface area contributed by atoms with Gasteiger partial charge in [0.15, 0.2) is 0 Å². The fraction of sp³-hybridized carbons (Fsp3) is 0.227. The largest absolute Gasteiger partial charge is 0.293 e. The van der Waals surface area contributed by atoms with Crippen molar-refractivity contribution >= 4 is 10.9 Å². The van der Waals surface area contributed by atoms with Crippen LogP contribution in [0.15, 0.2) is 59.5 Å². The third-order valence-corrected chi connectivity index (χ3v) is 5.06. The molecular weight excluding hydrogens is 336 g/mol. The summed E-state index contributed by atoms with van der Waals surface area (Å²) < 4.78 is 3.29. The second kappa shape index (κ2) is 6.83. The molecule has 5 nitrogen and oxygen atoms in total. The molecule has 27 heavy (non-hydrogen) atoms. The Labute approximate surface area is 157 Å². The van der Waals surface area contributed by atoms with Crippen molar-refractivity contribution in [3.63, 3.8) is 0 Å². The number of benzene rings is 2. The molecule has 0 fully saturated rings. The maximum atomic E-state index is 13.1. The Morgan fingerprint density at radius 1 is 0.963 bits per heavy atom.